The summed E-state index contributed by atoms with van der Waals surface area (Å²) < 4.78 is 30.2. The summed E-state index contributed by atoms with van der Waals surface area (Å²) in [6.45, 7) is 5.94. The van der Waals surface area contributed by atoms with E-state index in [2.05, 4.69) is 15.0 Å². The van der Waals surface area contributed by atoms with E-state index >= 15 is 0 Å². The predicted octanol–water partition coefficient (Wildman–Crippen LogP) is 2.73. The van der Waals surface area contributed by atoms with E-state index in [4.69, 9.17) is 0 Å². The van der Waals surface area contributed by atoms with Crippen LogP contribution in [0.5, 0.6) is 0 Å². The quantitative estimate of drug-likeness (QED) is 0.463. The number of nitrogens with one attached hydrogen (secondary N) is 2. The van der Waals surface area contributed by atoms with E-state index in [-0.39, 0.29) is 27.9 Å². The van der Waals surface area contributed by atoms with Gasteiger partial charge in [0.1, 0.15) is 10.5 Å². The molecule has 4 aromatic rings. The molecule has 3 heterocycles. The Morgan fingerprint density at radius 2 is 1.88 bits per heavy atom. The number of anilines is 1. The SMILES string of the molecule is CC(C)CC(C)N(c1ccc2[nH]ccc2c1)S(=O)(=O)c1cnc2c(c1)c(=O)[nH]c(=O)n2C. The van der Waals surface area contributed by atoms with Crippen molar-refractivity contribution in [2.24, 2.45) is 13.0 Å². The smallest absolute Gasteiger partial charge is 0.329 e. The number of aryl methyl sites for hydroxylation is 1. The molecule has 0 saturated carbocycles. The molecule has 1 aromatic carbocycles. The molecule has 0 fully saturated rings. The molecule has 2 N–H and O–H groups in total. The summed E-state index contributed by atoms with van der Waals surface area (Å²) in [7, 11) is -2.60. The monoisotopic (exact) mass is 455 g/mol. The van der Waals surface area contributed by atoms with Gasteiger partial charge in [0.25, 0.3) is 15.6 Å². The van der Waals surface area contributed by atoms with Crippen LogP contribution >= 0.6 is 0 Å². The molecular formula is C22H25N5O4S. The first-order chi connectivity index (χ1) is 15.1. The van der Waals surface area contributed by atoms with Crippen molar-refractivity contribution in [3.63, 3.8) is 0 Å². The lowest BCUT2D eigenvalue weighted by molar-refractivity contribution is 0.509. The zero-order chi connectivity index (χ0) is 23.2. The number of pyridine rings is 1. The van der Waals surface area contributed by atoms with Gasteiger partial charge in [0, 0.05) is 36.4 Å². The van der Waals surface area contributed by atoms with Gasteiger partial charge in [-0.2, -0.15) is 0 Å². The second kappa shape index (κ2) is 7.94. The van der Waals surface area contributed by atoms with Gasteiger partial charge in [-0.05, 0) is 49.6 Å². The van der Waals surface area contributed by atoms with E-state index in [1.54, 1.807) is 12.3 Å². The first kappa shape index (κ1) is 21.8. The molecule has 0 spiro atoms. The number of aromatic amines is 2. The van der Waals surface area contributed by atoms with Gasteiger partial charge in [-0.15, -0.1) is 0 Å². The van der Waals surface area contributed by atoms with Crippen molar-refractivity contribution in [2.45, 2.75) is 38.1 Å². The minimum Gasteiger partial charge on any atom is -0.361 e. The Morgan fingerprint density at radius 3 is 2.59 bits per heavy atom. The Morgan fingerprint density at radius 1 is 1.12 bits per heavy atom. The lowest BCUT2D eigenvalue weighted by Crippen LogP contribution is -2.39. The van der Waals surface area contributed by atoms with Gasteiger partial charge in [-0.1, -0.05) is 13.8 Å². The number of sulfonamides is 1. The number of hydrogen-bond acceptors (Lipinski definition) is 5. The Balaban J connectivity index is 1.91. The van der Waals surface area contributed by atoms with Crippen molar-refractivity contribution in [1.29, 1.82) is 0 Å². The largest absolute Gasteiger partial charge is 0.361 e. The first-order valence-corrected chi connectivity index (χ1v) is 11.7. The van der Waals surface area contributed by atoms with Crippen LogP contribution in [0.25, 0.3) is 21.9 Å². The van der Waals surface area contributed by atoms with Crippen LogP contribution in [0.15, 0.2) is 57.2 Å². The number of fused-ring (bicyclic) bond motifs is 2. The molecule has 1 unspecified atom stereocenters. The molecule has 168 valence electrons. The minimum atomic E-state index is -4.06. The van der Waals surface area contributed by atoms with E-state index < -0.39 is 21.3 Å². The topological polar surface area (TPSA) is 121 Å². The Labute approximate surface area is 184 Å². The average molecular weight is 456 g/mol. The molecule has 10 heteroatoms. The van der Waals surface area contributed by atoms with Crippen LogP contribution in [0.1, 0.15) is 27.2 Å². The molecule has 0 radical (unpaired) electrons. The number of benzene rings is 1. The molecule has 0 aliphatic heterocycles. The van der Waals surface area contributed by atoms with Crippen molar-refractivity contribution in [3.05, 3.63) is 63.6 Å². The van der Waals surface area contributed by atoms with Gasteiger partial charge in [0.05, 0.1) is 11.1 Å². The normalized spacial score (nSPS) is 13.2. The number of hydrogen-bond donors (Lipinski definition) is 2. The fourth-order valence-corrected chi connectivity index (χ4v) is 5.69. The Kier molecular flexibility index (Phi) is 5.41. The molecule has 4 rings (SSSR count). The third-order valence-corrected chi connectivity index (χ3v) is 7.40. The van der Waals surface area contributed by atoms with Gasteiger partial charge >= 0.3 is 5.69 Å². The molecule has 3 aromatic heterocycles. The number of H-pyrrole nitrogens is 2. The summed E-state index contributed by atoms with van der Waals surface area (Å²) in [5.41, 5.74) is 0.260. The van der Waals surface area contributed by atoms with Crippen LogP contribution in [0.3, 0.4) is 0 Å². The maximum Gasteiger partial charge on any atom is 0.329 e. The van der Waals surface area contributed by atoms with Crippen LogP contribution in [0.2, 0.25) is 0 Å². The molecule has 32 heavy (non-hydrogen) atoms. The van der Waals surface area contributed by atoms with Crippen molar-refractivity contribution in [2.75, 3.05) is 4.31 Å². The van der Waals surface area contributed by atoms with Crippen molar-refractivity contribution >= 4 is 37.6 Å². The van der Waals surface area contributed by atoms with Gasteiger partial charge < -0.3 is 4.98 Å². The summed E-state index contributed by atoms with van der Waals surface area (Å²) in [6, 6.07) is 8.25. The highest BCUT2D eigenvalue weighted by Gasteiger charge is 2.31. The molecular weight excluding hydrogens is 430 g/mol. The highest BCUT2D eigenvalue weighted by molar-refractivity contribution is 7.92. The van der Waals surface area contributed by atoms with Crippen LogP contribution in [-0.4, -0.2) is 34.0 Å². The summed E-state index contributed by atoms with van der Waals surface area (Å²) in [5, 5.41) is 0.924. The molecule has 0 aliphatic rings. The zero-order valence-electron chi connectivity index (χ0n) is 18.3. The minimum absolute atomic E-state index is 0.0331. The highest BCUT2D eigenvalue weighted by atomic mass is 32.2. The summed E-state index contributed by atoms with van der Waals surface area (Å²) in [5.74, 6) is 0.269. The zero-order valence-corrected chi connectivity index (χ0v) is 19.1. The molecule has 9 nitrogen and oxygen atoms in total. The third-order valence-electron chi connectivity index (χ3n) is 5.49. The van der Waals surface area contributed by atoms with Gasteiger partial charge in [0.15, 0.2) is 0 Å². The number of rotatable bonds is 6. The van der Waals surface area contributed by atoms with Gasteiger partial charge in [-0.25, -0.2) is 18.2 Å². The van der Waals surface area contributed by atoms with Gasteiger partial charge in [-0.3, -0.25) is 18.7 Å². The standard InChI is InChI=1S/C22H25N5O4S/c1-13(2)9-14(3)27(16-5-6-19-15(10-16)7-8-23-19)32(30,31)17-11-18-20(24-12-17)26(4)22(29)25-21(18)28/h5-8,10-14,23H,9H2,1-4H3,(H,25,28,29). The second-order valence-corrected chi connectivity index (χ2v) is 10.2. The summed E-state index contributed by atoms with van der Waals surface area (Å²) in [4.78, 5) is 33.5. The summed E-state index contributed by atoms with van der Waals surface area (Å²) >= 11 is 0. The first-order valence-electron chi connectivity index (χ1n) is 10.3. The van der Waals surface area contributed by atoms with E-state index in [0.717, 1.165) is 10.9 Å². The van der Waals surface area contributed by atoms with Gasteiger partial charge in [0.2, 0.25) is 0 Å². The molecule has 0 aliphatic carbocycles. The van der Waals surface area contributed by atoms with E-state index in [9.17, 15) is 18.0 Å². The molecule has 0 bridgehead atoms. The van der Waals surface area contributed by atoms with Crippen molar-refractivity contribution in [1.82, 2.24) is 19.5 Å². The fraction of sp³-hybridized carbons (Fsp3) is 0.318. The predicted molar refractivity (Wildman–Crippen MR) is 124 cm³/mol. The van der Waals surface area contributed by atoms with Crippen LogP contribution in [0.4, 0.5) is 5.69 Å². The second-order valence-electron chi connectivity index (χ2n) is 8.39. The lowest BCUT2D eigenvalue weighted by atomic mass is 10.0. The van der Waals surface area contributed by atoms with E-state index in [1.807, 2.05) is 39.0 Å². The molecule has 0 amide bonds. The number of aromatic nitrogens is 4. The molecule has 0 saturated heterocycles. The lowest BCUT2D eigenvalue weighted by Gasteiger charge is -2.31. The fourth-order valence-electron chi connectivity index (χ4n) is 4.06. The number of nitrogens with zero attached hydrogens (tertiary/aromatic N) is 3. The van der Waals surface area contributed by atoms with Crippen LogP contribution < -0.4 is 15.6 Å². The van der Waals surface area contributed by atoms with E-state index in [1.165, 1.54) is 28.2 Å². The Bertz CT molecular complexity index is 1530. The maximum atomic E-state index is 13.8. The highest BCUT2D eigenvalue weighted by Crippen LogP contribution is 2.31. The summed E-state index contributed by atoms with van der Waals surface area (Å²) in [6.07, 6.45) is 3.63. The maximum absolute atomic E-state index is 13.8. The van der Waals surface area contributed by atoms with Crippen LogP contribution in [-0.2, 0) is 17.1 Å². The van der Waals surface area contributed by atoms with Crippen molar-refractivity contribution in [3.8, 4) is 0 Å². The van der Waals surface area contributed by atoms with E-state index in [0.29, 0.717) is 12.1 Å². The van der Waals surface area contributed by atoms with Crippen LogP contribution in [0, 0.1) is 5.92 Å². The average Bonchev–Trinajstić information content (AvgIpc) is 3.19. The molecule has 1 atom stereocenters. The third kappa shape index (κ3) is 3.70. The Hall–Kier alpha value is -3.40. The van der Waals surface area contributed by atoms with Crippen molar-refractivity contribution < 1.29 is 8.42 Å².